The molecule has 0 N–H and O–H groups in total. The van der Waals surface area contributed by atoms with Crippen LogP contribution in [0.4, 0.5) is 0 Å². The molecule has 1 aromatic heterocycles. The van der Waals surface area contributed by atoms with E-state index >= 15 is 0 Å². The zero-order chi connectivity index (χ0) is 13.9. The second kappa shape index (κ2) is 5.38. The van der Waals surface area contributed by atoms with E-state index in [9.17, 15) is 4.79 Å². The number of allylic oxidation sites excluding steroid dienone is 2. The quantitative estimate of drug-likeness (QED) is 0.566. The monoisotopic (exact) mass is 263 g/mol. The second-order valence-electron chi connectivity index (χ2n) is 5.18. The van der Waals surface area contributed by atoms with E-state index in [-0.39, 0.29) is 0 Å². The topological polar surface area (TPSA) is 22.0 Å². The molecule has 2 nitrogen and oxygen atoms in total. The van der Waals surface area contributed by atoms with Crippen LogP contribution in [-0.4, -0.2) is 10.9 Å². The second-order valence-corrected chi connectivity index (χ2v) is 5.18. The third-order valence-corrected chi connectivity index (χ3v) is 3.90. The normalized spacial score (nSPS) is 14.6. The number of aromatic nitrogens is 1. The van der Waals surface area contributed by atoms with Crippen LogP contribution in [0.1, 0.15) is 41.7 Å². The molecule has 2 aromatic rings. The van der Waals surface area contributed by atoms with Gasteiger partial charge in [-0.25, -0.2) is 0 Å². The lowest BCUT2D eigenvalue weighted by molar-refractivity contribution is 0.112. The number of benzene rings is 1. The number of para-hydroxylation sites is 1. The molecule has 0 fully saturated rings. The Morgan fingerprint density at radius 2 is 2.05 bits per heavy atom. The summed E-state index contributed by atoms with van der Waals surface area (Å²) in [7, 11) is 1.97. The summed E-state index contributed by atoms with van der Waals surface area (Å²) >= 11 is 0. The first-order valence-corrected chi connectivity index (χ1v) is 7.05. The Balaban J connectivity index is 2.12. The number of aryl methyl sites for hydroxylation is 1. The Kier molecular flexibility index (Phi) is 3.43. The van der Waals surface area contributed by atoms with E-state index in [0.29, 0.717) is 5.56 Å². The summed E-state index contributed by atoms with van der Waals surface area (Å²) in [6.45, 7) is 0. The van der Waals surface area contributed by atoms with Gasteiger partial charge in [-0.1, -0.05) is 30.2 Å². The van der Waals surface area contributed by atoms with Crippen LogP contribution in [0.3, 0.4) is 0 Å². The van der Waals surface area contributed by atoms with Crippen molar-refractivity contribution in [1.29, 1.82) is 0 Å². The third kappa shape index (κ3) is 2.16. The minimum Gasteiger partial charge on any atom is -0.337 e. The van der Waals surface area contributed by atoms with Crippen molar-refractivity contribution >= 4 is 17.2 Å². The Hall–Kier alpha value is -2.27. The molecule has 0 spiro atoms. The van der Waals surface area contributed by atoms with E-state index < -0.39 is 0 Å². The van der Waals surface area contributed by atoms with Gasteiger partial charge in [-0.05, 0) is 43.2 Å². The van der Waals surface area contributed by atoms with E-state index in [4.69, 9.17) is 0 Å². The first-order chi connectivity index (χ1) is 9.81. The Labute approximate surface area is 119 Å². The molecule has 0 saturated heterocycles. The van der Waals surface area contributed by atoms with E-state index in [2.05, 4.69) is 17.9 Å². The van der Waals surface area contributed by atoms with Crippen LogP contribution in [0.5, 0.6) is 0 Å². The van der Waals surface area contributed by atoms with Crippen LogP contribution in [0.25, 0.3) is 10.9 Å². The number of carbonyl (C=O) groups is 1. The predicted molar refractivity (Wildman–Crippen MR) is 81.7 cm³/mol. The van der Waals surface area contributed by atoms with Gasteiger partial charge in [-0.3, -0.25) is 4.79 Å². The van der Waals surface area contributed by atoms with E-state index in [1.54, 1.807) is 0 Å². The van der Waals surface area contributed by atoms with Crippen LogP contribution >= 0.6 is 0 Å². The molecular weight excluding hydrogens is 246 g/mol. The number of hydrogen-bond donors (Lipinski definition) is 0. The van der Waals surface area contributed by atoms with Gasteiger partial charge in [0.15, 0.2) is 6.29 Å². The molecule has 0 unspecified atom stereocenters. The van der Waals surface area contributed by atoms with E-state index in [1.807, 2.05) is 35.9 Å². The molecule has 1 aromatic carbocycles. The van der Waals surface area contributed by atoms with Gasteiger partial charge in [0.2, 0.25) is 0 Å². The first kappa shape index (κ1) is 12.7. The summed E-state index contributed by atoms with van der Waals surface area (Å²) < 4.78 is 2.01. The van der Waals surface area contributed by atoms with Gasteiger partial charge in [0.05, 0.1) is 5.56 Å². The number of nitrogens with zero attached hydrogens (tertiary/aromatic N) is 1. The van der Waals surface area contributed by atoms with Gasteiger partial charge >= 0.3 is 0 Å². The van der Waals surface area contributed by atoms with Crippen LogP contribution in [0, 0.1) is 11.8 Å². The zero-order valence-electron chi connectivity index (χ0n) is 11.6. The van der Waals surface area contributed by atoms with Gasteiger partial charge in [0.25, 0.3) is 0 Å². The molecule has 0 amide bonds. The van der Waals surface area contributed by atoms with Crippen LogP contribution in [-0.2, 0) is 7.05 Å². The lowest BCUT2D eigenvalue weighted by atomic mass is 10.00. The fraction of sp³-hybridized carbons (Fsp3) is 0.278. The number of rotatable bonds is 1. The first-order valence-electron chi connectivity index (χ1n) is 7.05. The fourth-order valence-corrected chi connectivity index (χ4v) is 2.78. The fourth-order valence-electron chi connectivity index (χ4n) is 2.78. The smallest absolute Gasteiger partial charge is 0.153 e. The van der Waals surface area contributed by atoms with Gasteiger partial charge in [-0.15, -0.1) is 0 Å². The van der Waals surface area contributed by atoms with Gasteiger partial charge < -0.3 is 4.57 Å². The summed E-state index contributed by atoms with van der Waals surface area (Å²) in [6, 6.07) is 7.94. The van der Waals surface area contributed by atoms with Crippen molar-refractivity contribution < 1.29 is 4.79 Å². The average Bonchev–Trinajstić information content (AvgIpc) is 2.78. The van der Waals surface area contributed by atoms with Crippen LogP contribution < -0.4 is 0 Å². The number of carbonyl (C=O) groups excluding carboxylic acids is 1. The molecular formula is C18H17NO. The Morgan fingerprint density at radius 1 is 1.20 bits per heavy atom. The highest BCUT2D eigenvalue weighted by Crippen LogP contribution is 2.23. The summed E-state index contributed by atoms with van der Waals surface area (Å²) in [5.41, 5.74) is 3.77. The molecule has 0 radical (unpaired) electrons. The zero-order valence-corrected chi connectivity index (χ0v) is 11.6. The molecule has 2 heteroatoms. The van der Waals surface area contributed by atoms with Crippen molar-refractivity contribution in [3.8, 4) is 11.8 Å². The maximum Gasteiger partial charge on any atom is 0.153 e. The van der Waals surface area contributed by atoms with Crippen molar-refractivity contribution in [2.45, 2.75) is 25.7 Å². The molecule has 0 bridgehead atoms. The Morgan fingerprint density at radius 3 is 2.80 bits per heavy atom. The number of fused-ring (bicyclic) bond motifs is 1. The minimum atomic E-state index is 0.701. The van der Waals surface area contributed by atoms with Crippen LogP contribution in [0.15, 0.2) is 35.9 Å². The lowest BCUT2D eigenvalue weighted by Gasteiger charge is -2.05. The van der Waals surface area contributed by atoms with Crippen molar-refractivity contribution in [1.82, 2.24) is 4.57 Å². The molecule has 1 heterocycles. The standard InChI is InChI=1S/C18H17NO/c1-19-17-10-6-5-9-15(17)16(13-20)18(19)12-11-14-7-3-2-4-8-14/h5-7,9-10,13H,2-4,8H2,1H3. The van der Waals surface area contributed by atoms with Gasteiger partial charge in [-0.2, -0.15) is 0 Å². The maximum absolute atomic E-state index is 11.4. The highest BCUT2D eigenvalue weighted by molar-refractivity contribution is 6.00. The van der Waals surface area contributed by atoms with Crippen molar-refractivity contribution in [2.75, 3.05) is 0 Å². The highest BCUT2D eigenvalue weighted by Gasteiger charge is 2.12. The summed E-state index contributed by atoms with van der Waals surface area (Å²) in [6.07, 6.45) is 7.81. The predicted octanol–water partition coefficient (Wildman–Crippen LogP) is 3.84. The van der Waals surface area contributed by atoms with E-state index in [1.165, 1.54) is 18.4 Å². The summed E-state index contributed by atoms with van der Waals surface area (Å²) in [5.74, 6) is 6.45. The van der Waals surface area contributed by atoms with Crippen molar-refractivity contribution in [3.63, 3.8) is 0 Å². The maximum atomic E-state index is 11.4. The number of hydrogen-bond acceptors (Lipinski definition) is 1. The highest BCUT2D eigenvalue weighted by atomic mass is 16.1. The van der Waals surface area contributed by atoms with E-state index in [0.717, 1.165) is 35.7 Å². The molecule has 20 heavy (non-hydrogen) atoms. The van der Waals surface area contributed by atoms with Gasteiger partial charge in [0.1, 0.15) is 5.69 Å². The lowest BCUT2D eigenvalue weighted by Crippen LogP contribution is -1.94. The average molecular weight is 263 g/mol. The third-order valence-electron chi connectivity index (χ3n) is 3.90. The molecule has 1 aliphatic rings. The number of aldehydes is 1. The SMILES string of the molecule is Cn1c(C#CC2=CCCCC2)c(C=O)c2ccccc21. The summed E-state index contributed by atoms with van der Waals surface area (Å²) in [5, 5.41) is 0.979. The van der Waals surface area contributed by atoms with Crippen LogP contribution in [0.2, 0.25) is 0 Å². The molecule has 0 atom stereocenters. The minimum absolute atomic E-state index is 0.701. The van der Waals surface area contributed by atoms with Crippen molar-refractivity contribution in [2.24, 2.45) is 7.05 Å². The molecule has 0 saturated carbocycles. The molecule has 100 valence electrons. The molecule has 1 aliphatic carbocycles. The molecule has 0 aliphatic heterocycles. The van der Waals surface area contributed by atoms with Crippen molar-refractivity contribution in [3.05, 3.63) is 47.2 Å². The summed E-state index contributed by atoms with van der Waals surface area (Å²) in [4.78, 5) is 11.4. The Bertz CT molecular complexity index is 753. The van der Waals surface area contributed by atoms with Gasteiger partial charge in [0, 0.05) is 18.0 Å². The molecule has 3 rings (SSSR count). The largest absolute Gasteiger partial charge is 0.337 e.